The minimum absolute atomic E-state index is 0.139. The first-order valence-corrected chi connectivity index (χ1v) is 6.37. The highest BCUT2D eigenvalue weighted by Gasteiger charge is 2.07. The third kappa shape index (κ3) is 6.73. The number of carbonyl (C=O) groups excluding carboxylic acids is 3. The molecule has 0 unspecified atom stereocenters. The predicted octanol–water partition coefficient (Wildman–Crippen LogP) is -0.438. The molecule has 0 radical (unpaired) electrons. The third-order valence-corrected chi connectivity index (χ3v) is 2.45. The summed E-state index contributed by atoms with van der Waals surface area (Å²) in [5.41, 5.74) is 0.481. The van der Waals surface area contributed by atoms with Gasteiger partial charge in [0.25, 0.3) is 5.91 Å². The first-order valence-electron chi connectivity index (χ1n) is 6.37. The zero-order valence-electron chi connectivity index (χ0n) is 11.4. The summed E-state index contributed by atoms with van der Waals surface area (Å²) >= 11 is 0. The van der Waals surface area contributed by atoms with Crippen LogP contribution in [0.4, 0.5) is 0 Å². The van der Waals surface area contributed by atoms with Crippen LogP contribution in [0.15, 0.2) is 30.3 Å². The standard InChI is InChI=1S/C14H16N4O3/c15-7-6-12(19)16-8-9-17-13(20)10-18-14(21)11-4-2-1-3-5-11/h1-5H,6,8-10H2,(H,16,19)(H,17,20)(H,18,21). The van der Waals surface area contributed by atoms with Gasteiger partial charge in [-0.2, -0.15) is 5.26 Å². The van der Waals surface area contributed by atoms with Gasteiger partial charge < -0.3 is 16.0 Å². The van der Waals surface area contributed by atoms with Crippen molar-refractivity contribution < 1.29 is 14.4 Å². The fourth-order valence-corrected chi connectivity index (χ4v) is 1.45. The number of nitrogens with one attached hydrogen (secondary N) is 3. The van der Waals surface area contributed by atoms with Gasteiger partial charge in [0.2, 0.25) is 11.8 Å². The van der Waals surface area contributed by atoms with Crippen LogP contribution in [0, 0.1) is 11.3 Å². The molecule has 0 heterocycles. The summed E-state index contributed by atoms with van der Waals surface area (Å²) < 4.78 is 0. The average molecular weight is 288 g/mol. The second kappa shape index (κ2) is 9.09. The summed E-state index contributed by atoms with van der Waals surface area (Å²) in [7, 11) is 0. The van der Waals surface area contributed by atoms with E-state index in [0.717, 1.165) is 0 Å². The van der Waals surface area contributed by atoms with E-state index < -0.39 is 0 Å². The molecule has 3 N–H and O–H groups in total. The number of hydrogen-bond acceptors (Lipinski definition) is 4. The normalized spacial score (nSPS) is 9.29. The molecule has 1 rings (SSSR count). The van der Waals surface area contributed by atoms with Crippen LogP contribution < -0.4 is 16.0 Å². The zero-order chi connectivity index (χ0) is 15.5. The Morgan fingerprint density at radius 3 is 2.19 bits per heavy atom. The summed E-state index contributed by atoms with van der Waals surface area (Å²) in [5.74, 6) is -1.06. The fraction of sp³-hybridized carbons (Fsp3) is 0.286. The highest BCUT2D eigenvalue weighted by molar-refractivity contribution is 5.96. The topological polar surface area (TPSA) is 111 Å². The van der Waals surface area contributed by atoms with Crippen molar-refractivity contribution in [1.82, 2.24) is 16.0 Å². The predicted molar refractivity (Wildman–Crippen MR) is 75.0 cm³/mol. The van der Waals surface area contributed by atoms with Gasteiger partial charge in [0.1, 0.15) is 6.42 Å². The molecule has 0 saturated heterocycles. The number of hydrogen-bond donors (Lipinski definition) is 3. The maximum Gasteiger partial charge on any atom is 0.251 e. The van der Waals surface area contributed by atoms with Crippen LogP contribution in [0.3, 0.4) is 0 Å². The minimum atomic E-state index is -0.385. The Labute approximate surface area is 122 Å². The van der Waals surface area contributed by atoms with Crippen LogP contribution in [-0.4, -0.2) is 37.4 Å². The first-order chi connectivity index (χ1) is 10.1. The SMILES string of the molecule is N#CCC(=O)NCCNC(=O)CNC(=O)c1ccccc1. The van der Waals surface area contributed by atoms with Gasteiger partial charge in [0.15, 0.2) is 0 Å². The van der Waals surface area contributed by atoms with E-state index in [0.29, 0.717) is 5.56 Å². The molecule has 0 spiro atoms. The average Bonchev–Trinajstić information content (AvgIpc) is 2.50. The summed E-state index contributed by atoms with van der Waals surface area (Å²) in [4.78, 5) is 34.1. The molecule has 3 amide bonds. The van der Waals surface area contributed by atoms with E-state index >= 15 is 0 Å². The Hall–Kier alpha value is -2.88. The molecule has 0 aliphatic heterocycles. The molecule has 110 valence electrons. The van der Waals surface area contributed by atoms with Gasteiger partial charge in [-0.1, -0.05) is 18.2 Å². The smallest absolute Gasteiger partial charge is 0.251 e. The quantitative estimate of drug-likeness (QED) is 0.591. The van der Waals surface area contributed by atoms with Gasteiger partial charge in [-0.05, 0) is 12.1 Å². The van der Waals surface area contributed by atoms with Gasteiger partial charge >= 0.3 is 0 Å². The molecule has 0 bridgehead atoms. The van der Waals surface area contributed by atoms with Crippen LogP contribution in [-0.2, 0) is 9.59 Å². The Morgan fingerprint density at radius 1 is 0.952 bits per heavy atom. The number of benzene rings is 1. The van der Waals surface area contributed by atoms with Crippen molar-refractivity contribution in [2.75, 3.05) is 19.6 Å². The van der Waals surface area contributed by atoms with E-state index in [1.165, 1.54) is 0 Å². The first kappa shape index (κ1) is 16.2. The molecule has 7 nitrogen and oxygen atoms in total. The van der Waals surface area contributed by atoms with Crippen LogP contribution in [0.2, 0.25) is 0 Å². The van der Waals surface area contributed by atoms with Crippen molar-refractivity contribution in [2.24, 2.45) is 0 Å². The summed E-state index contributed by atoms with van der Waals surface area (Å²) in [6.45, 7) is 0.329. The van der Waals surface area contributed by atoms with Gasteiger partial charge in [0.05, 0.1) is 12.6 Å². The number of amides is 3. The lowest BCUT2D eigenvalue weighted by atomic mass is 10.2. The third-order valence-electron chi connectivity index (χ3n) is 2.45. The highest BCUT2D eigenvalue weighted by Crippen LogP contribution is 1.96. The molecule has 0 aliphatic rings. The second-order valence-corrected chi connectivity index (χ2v) is 4.08. The summed E-state index contributed by atoms with van der Waals surface area (Å²) in [5, 5.41) is 15.8. The summed E-state index contributed by atoms with van der Waals surface area (Å²) in [6, 6.07) is 10.3. The van der Waals surface area contributed by atoms with E-state index in [2.05, 4.69) is 16.0 Å². The lowest BCUT2D eigenvalue weighted by Gasteiger charge is -2.07. The molecule has 7 heteroatoms. The van der Waals surface area contributed by atoms with E-state index in [1.54, 1.807) is 36.4 Å². The van der Waals surface area contributed by atoms with Crippen LogP contribution in [0.25, 0.3) is 0 Å². The van der Waals surface area contributed by atoms with E-state index in [-0.39, 0.29) is 43.8 Å². The number of nitrogens with zero attached hydrogens (tertiary/aromatic N) is 1. The second-order valence-electron chi connectivity index (χ2n) is 4.08. The fourth-order valence-electron chi connectivity index (χ4n) is 1.45. The molecule has 0 atom stereocenters. The number of nitriles is 1. The molecule has 0 aromatic heterocycles. The lowest BCUT2D eigenvalue weighted by molar-refractivity contribution is -0.121. The van der Waals surface area contributed by atoms with Gasteiger partial charge in [-0.25, -0.2) is 0 Å². The molecule has 1 aromatic carbocycles. The largest absolute Gasteiger partial charge is 0.353 e. The van der Waals surface area contributed by atoms with Crippen molar-refractivity contribution in [1.29, 1.82) is 5.26 Å². The molecule has 0 saturated carbocycles. The van der Waals surface area contributed by atoms with Gasteiger partial charge in [-0.3, -0.25) is 14.4 Å². The van der Waals surface area contributed by atoms with Crippen molar-refractivity contribution in [3.8, 4) is 6.07 Å². The highest BCUT2D eigenvalue weighted by atomic mass is 16.2. The van der Waals surface area contributed by atoms with E-state index in [1.807, 2.05) is 0 Å². The molecular weight excluding hydrogens is 272 g/mol. The zero-order valence-corrected chi connectivity index (χ0v) is 11.4. The Bertz CT molecular complexity index is 537. The Kier molecular flexibility index (Phi) is 7.00. The van der Waals surface area contributed by atoms with Crippen molar-refractivity contribution in [3.63, 3.8) is 0 Å². The van der Waals surface area contributed by atoms with Crippen molar-refractivity contribution in [2.45, 2.75) is 6.42 Å². The molecule has 21 heavy (non-hydrogen) atoms. The van der Waals surface area contributed by atoms with Crippen LogP contribution in [0.5, 0.6) is 0 Å². The lowest BCUT2D eigenvalue weighted by Crippen LogP contribution is -2.40. The van der Waals surface area contributed by atoms with Gasteiger partial charge in [0, 0.05) is 18.7 Å². The van der Waals surface area contributed by atoms with E-state index in [4.69, 9.17) is 5.26 Å². The van der Waals surface area contributed by atoms with Crippen molar-refractivity contribution >= 4 is 17.7 Å². The summed E-state index contributed by atoms with van der Waals surface area (Å²) in [6.07, 6.45) is -0.207. The number of carbonyl (C=O) groups is 3. The monoisotopic (exact) mass is 288 g/mol. The molecule has 0 aliphatic carbocycles. The molecule has 0 fully saturated rings. The Balaban J connectivity index is 2.16. The van der Waals surface area contributed by atoms with Gasteiger partial charge in [-0.15, -0.1) is 0 Å². The van der Waals surface area contributed by atoms with Crippen molar-refractivity contribution in [3.05, 3.63) is 35.9 Å². The molecular formula is C14H16N4O3. The molecule has 1 aromatic rings. The number of rotatable bonds is 7. The maximum absolute atomic E-state index is 11.7. The minimum Gasteiger partial charge on any atom is -0.353 e. The Morgan fingerprint density at radius 2 is 1.57 bits per heavy atom. The van der Waals surface area contributed by atoms with Crippen LogP contribution >= 0.6 is 0 Å². The van der Waals surface area contributed by atoms with Crippen LogP contribution in [0.1, 0.15) is 16.8 Å². The maximum atomic E-state index is 11.7. The van der Waals surface area contributed by atoms with E-state index in [9.17, 15) is 14.4 Å².